The molecule has 0 unspecified atom stereocenters. The average Bonchev–Trinajstić information content (AvgIpc) is 2.79. The van der Waals surface area contributed by atoms with Gasteiger partial charge in [-0.15, -0.1) is 0 Å². The highest BCUT2D eigenvalue weighted by molar-refractivity contribution is 5.78. The number of amides is 2. The predicted molar refractivity (Wildman–Crippen MR) is 127 cm³/mol. The monoisotopic (exact) mass is 459 g/mol. The molecule has 0 bridgehead atoms. The van der Waals surface area contributed by atoms with E-state index in [0.717, 1.165) is 31.2 Å². The smallest absolute Gasteiger partial charge is 0.225 e. The van der Waals surface area contributed by atoms with Crippen molar-refractivity contribution in [3.63, 3.8) is 0 Å². The number of carbonyl (C=O) groups excluding carboxylic acids is 2. The van der Waals surface area contributed by atoms with E-state index < -0.39 is 6.10 Å². The molecule has 33 heavy (non-hydrogen) atoms. The summed E-state index contributed by atoms with van der Waals surface area (Å²) in [7, 11) is 3.41. The van der Waals surface area contributed by atoms with Gasteiger partial charge >= 0.3 is 0 Å². The lowest BCUT2D eigenvalue weighted by molar-refractivity contribution is -0.150. The molecule has 1 heterocycles. The molecule has 0 saturated heterocycles. The molecule has 0 radical (unpaired) electrons. The summed E-state index contributed by atoms with van der Waals surface area (Å²) >= 11 is 0. The summed E-state index contributed by atoms with van der Waals surface area (Å²) in [4.78, 5) is 31.4. The fraction of sp³-hybridized carbons (Fsp3) is 0.731. The molecule has 2 amide bonds. The molecule has 7 atom stereocenters. The van der Waals surface area contributed by atoms with E-state index >= 15 is 0 Å². The van der Waals surface area contributed by atoms with E-state index in [0.29, 0.717) is 19.6 Å². The third-order valence-electron chi connectivity index (χ3n) is 8.32. The first-order chi connectivity index (χ1) is 15.7. The fourth-order valence-electron chi connectivity index (χ4n) is 6.35. The van der Waals surface area contributed by atoms with Crippen molar-refractivity contribution in [2.24, 2.45) is 29.1 Å². The summed E-state index contributed by atoms with van der Waals surface area (Å²) in [6.45, 7) is 7.29. The van der Waals surface area contributed by atoms with Gasteiger partial charge in [-0.1, -0.05) is 26.8 Å². The number of nitrogens with zero attached hydrogens (tertiary/aromatic N) is 2. The Kier molecular flexibility index (Phi) is 8.51. The number of pyridine rings is 1. The topological polar surface area (TPSA) is 91.8 Å². The van der Waals surface area contributed by atoms with Crippen molar-refractivity contribution in [3.8, 4) is 0 Å². The van der Waals surface area contributed by atoms with E-state index in [-0.39, 0.29) is 46.9 Å². The Labute approximate surface area is 198 Å². The zero-order valence-corrected chi connectivity index (χ0v) is 20.8. The van der Waals surface area contributed by atoms with Crippen molar-refractivity contribution in [2.75, 3.05) is 20.8 Å². The summed E-state index contributed by atoms with van der Waals surface area (Å²) in [5.74, 6) is -0.105. The normalized spacial score (nSPS) is 32.5. The van der Waals surface area contributed by atoms with Crippen molar-refractivity contribution in [3.05, 3.63) is 30.1 Å². The molecule has 0 spiro atoms. The third kappa shape index (κ3) is 5.75. The zero-order chi connectivity index (χ0) is 24.2. The number of nitrogens with one attached hydrogen (secondary N) is 1. The number of rotatable bonds is 8. The summed E-state index contributed by atoms with van der Waals surface area (Å²) < 4.78 is 5.03. The first-order valence-corrected chi connectivity index (χ1v) is 12.3. The Morgan fingerprint density at radius 3 is 2.76 bits per heavy atom. The van der Waals surface area contributed by atoms with Gasteiger partial charge in [0.05, 0.1) is 12.7 Å². The molecule has 2 aliphatic carbocycles. The van der Waals surface area contributed by atoms with Crippen molar-refractivity contribution in [1.29, 1.82) is 0 Å². The first-order valence-electron chi connectivity index (χ1n) is 12.3. The second-order valence-corrected chi connectivity index (χ2v) is 10.5. The molecule has 2 aliphatic rings. The number of methoxy groups -OCH3 is 1. The van der Waals surface area contributed by atoms with Gasteiger partial charge in [0.2, 0.25) is 11.8 Å². The number of aliphatic hydroxyl groups excluding tert-OH is 1. The van der Waals surface area contributed by atoms with Gasteiger partial charge in [0.1, 0.15) is 0 Å². The largest absolute Gasteiger partial charge is 0.392 e. The molecule has 3 rings (SSSR count). The first kappa shape index (κ1) is 25.6. The minimum Gasteiger partial charge on any atom is -0.392 e. The second kappa shape index (κ2) is 11.0. The molecular formula is C26H41N3O4. The van der Waals surface area contributed by atoms with Crippen molar-refractivity contribution in [1.82, 2.24) is 15.2 Å². The Morgan fingerprint density at radius 1 is 1.36 bits per heavy atom. The van der Waals surface area contributed by atoms with Gasteiger partial charge < -0.3 is 20.1 Å². The molecule has 2 saturated carbocycles. The number of aliphatic hydroxyl groups is 1. The average molecular weight is 460 g/mol. The van der Waals surface area contributed by atoms with Crippen LogP contribution in [-0.2, 0) is 20.9 Å². The molecule has 7 heteroatoms. The summed E-state index contributed by atoms with van der Waals surface area (Å²) in [6, 6.07) is 3.88. The van der Waals surface area contributed by atoms with E-state index in [1.807, 2.05) is 26.1 Å². The highest BCUT2D eigenvalue weighted by atomic mass is 16.5. The minimum atomic E-state index is -0.567. The molecule has 1 aromatic rings. The van der Waals surface area contributed by atoms with Crippen LogP contribution < -0.4 is 5.32 Å². The van der Waals surface area contributed by atoms with Crippen LogP contribution in [0, 0.1) is 29.1 Å². The lowest BCUT2D eigenvalue weighted by Crippen LogP contribution is -2.58. The number of aromatic nitrogens is 1. The van der Waals surface area contributed by atoms with Gasteiger partial charge in [-0.3, -0.25) is 14.6 Å². The molecule has 0 aliphatic heterocycles. The maximum Gasteiger partial charge on any atom is 0.225 e. The number of fused-ring (bicyclic) bond motifs is 1. The van der Waals surface area contributed by atoms with Crippen LogP contribution in [0.15, 0.2) is 24.5 Å². The van der Waals surface area contributed by atoms with Crippen molar-refractivity contribution >= 4 is 11.8 Å². The van der Waals surface area contributed by atoms with E-state index in [2.05, 4.69) is 24.1 Å². The van der Waals surface area contributed by atoms with Crippen LogP contribution in [0.2, 0.25) is 0 Å². The van der Waals surface area contributed by atoms with E-state index in [9.17, 15) is 14.7 Å². The SMILES string of the molecule is COCCC(=O)N[C@H]1CC[C@]2(C)CC[C@@H]([C@H](C)C(=O)N(C)Cc3cccnc3)[C@H](O)[C@H]2[C@@H]1C. The highest BCUT2D eigenvalue weighted by Gasteiger charge is 2.54. The van der Waals surface area contributed by atoms with E-state index in [4.69, 9.17) is 4.74 Å². The van der Waals surface area contributed by atoms with Gasteiger partial charge in [-0.2, -0.15) is 0 Å². The number of hydrogen-bond acceptors (Lipinski definition) is 5. The van der Waals surface area contributed by atoms with Gasteiger partial charge in [0, 0.05) is 51.5 Å². The standard InChI is InChI=1S/C26H41N3O4/c1-17(25(32)29(4)16-19-7-6-13-27-15-19)20-8-11-26(3)12-9-21(18(2)23(26)24(20)31)28-22(30)10-14-33-5/h6-7,13,15,17-18,20-21,23-24,31H,8-12,14,16H2,1-5H3,(H,28,30)/t17-,18+,20-,21-,23+,24-,26-/m0/s1. The summed E-state index contributed by atoms with van der Waals surface area (Å²) in [5, 5.41) is 14.7. The van der Waals surface area contributed by atoms with Crippen LogP contribution in [0.1, 0.15) is 58.4 Å². The van der Waals surface area contributed by atoms with Gasteiger partial charge in [0.25, 0.3) is 0 Å². The molecular weight excluding hydrogens is 418 g/mol. The number of ether oxygens (including phenoxy) is 1. The Hall–Kier alpha value is -1.99. The Morgan fingerprint density at radius 2 is 2.09 bits per heavy atom. The van der Waals surface area contributed by atoms with Gasteiger partial charge in [0.15, 0.2) is 0 Å². The van der Waals surface area contributed by atoms with Crippen LogP contribution in [0.5, 0.6) is 0 Å². The lowest BCUT2D eigenvalue weighted by Gasteiger charge is -2.56. The molecule has 1 aromatic heterocycles. The molecule has 7 nitrogen and oxygen atoms in total. The second-order valence-electron chi connectivity index (χ2n) is 10.5. The highest BCUT2D eigenvalue weighted by Crippen LogP contribution is 2.55. The Balaban J connectivity index is 1.68. The maximum absolute atomic E-state index is 13.2. The summed E-state index contributed by atoms with van der Waals surface area (Å²) in [6.07, 6.45) is 7.03. The zero-order valence-electron chi connectivity index (χ0n) is 20.8. The molecule has 184 valence electrons. The minimum absolute atomic E-state index is 0.000255. The molecule has 2 fully saturated rings. The van der Waals surface area contributed by atoms with E-state index in [1.54, 1.807) is 24.4 Å². The van der Waals surface area contributed by atoms with Gasteiger partial charge in [-0.25, -0.2) is 0 Å². The quantitative estimate of drug-likeness (QED) is 0.624. The van der Waals surface area contributed by atoms with Crippen molar-refractivity contribution < 1.29 is 19.4 Å². The number of carbonyl (C=O) groups is 2. The Bertz CT molecular complexity index is 804. The van der Waals surface area contributed by atoms with Crippen molar-refractivity contribution in [2.45, 2.75) is 71.6 Å². The van der Waals surface area contributed by atoms with Crippen LogP contribution in [0.3, 0.4) is 0 Å². The molecule has 2 N–H and O–H groups in total. The van der Waals surface area contributed by atoms with Gasteiger partial charge in [-0.05, 0) is 60.5 Å². The maximum atomic E-state index is 13.2. The number of hydrogen-bond donors (Lipinski definition) is 2. The van der Waals surface area contributed by atoms with Crippen LogP contribution in [-0.4, -0.2) is 59.7 Å². The van der Waals surface area contributed by atoms with Crippen LogP contribution >= 0.6 is 0 Å². The van der Waals surface area contributed by atoms with Crippen LogP contribution in [0.4, 0.5) is 0 Å². The van der Waals surface area contributed by atoms with Crippen LogP contribution in [0.25, 0.3) is 0 Å². The fourth-order valence-corrected chi connectivity index (χ4v) is 6.35. The predicted octanol–water partition coefficient (Wildman–Crippen LogP) is 3.02. The third-order valence-corrected chi connectivity index (χ3v) is 8.32. The lowest BCUT2D eigenvalue weighted by atomic mass is 9.51. The van der Waals surface area contributed by atoms with E-state index in [1.165, 1.54) is 0 Å². The molecule has 0 aromatic carbocycles. The summed E-state index contributed by atoms with van der Waals surface area (Å²) in [5.41, 5.74) is 1.03.